The predicted octanol–water partition coefficient (Wildman–Crippen LogP) is 3.85. The highest BCUT2D eigenvalue weighted by atomic mass is 16.7. The van der Waals surface area contributed by atoms with Crippen LogP contribution in [0.5, 0.6) is 11.5 Å². The molecule has 2 aromatic carbocycles. The van der Waals surface area contributed by atoms with Crippen LogP contribution >= 0.6 is 0 Å². The van der Waals surface area contributed by atoms with Gasteiger partial charge in [-0.1, -0.05) is 50.2 Å². The van der Waals surface area contributed by atoms with Gasteiger partial charge in [0.05, 0.1) is 38.9 Å². The van der Waals surface area contributed by atoms with Gasteiger partial charge in [0.15, 0.2) is 11.5 Å². The normalized spacial score (nSPS) is 14.7. The summed E-state index contributed by atoms with van der Waals surface area (Å²) < 4.78 is 12.5. The van der Waals surface area contributed by atoms with Crippen LogP contribution in [0, 0.1) is 0 Å². The Morgan fingerprint density at radius 1 is 1.07 bits per heavy atom. The zero-order valence-corrected chi connectivity index (χ0v) is 25.8. The van der Waals surface area contributed by atoms with Crippen LogP contribution in [0.4, 0.5) is 5.82 Å². The lowest BCUT2D eigenvalue weighted by Crippen LogP contribution is -2.51. The lowest BCUT2D eigenvalue weighted by Gasteiger charge is -2.35. The van der Waals surface area contributed by atoms with Gasteiger partial charge in [-0.05, 0) is 29.2 Å². The zero-order chi connectivity index (χ0) is 31.8. The molecule has 4 aromatic rings. The standard InChI is InChI=1S/C33H37N7O5/c1-23(2)26-17-31(37-33(36-26)38-14-12-34-22-38)39-15-13-35-27(28(39)20-41)18-32(42)40(45-21-24-8-6-5-7-9-24)19-25-10-11-29(43-3)30(16-25)44-4/h5-12,14,16-17,22-23,27,35H,13,15,18-19,21H2,1-4H3. The van der Waals surface area contributed by atoms with Gasteiger partial charge in [-0.25, -0.2) is 19.8 Å². The van der Waals surface area contributed by atoms with Gasteiger partial charge in [0.25, 0.3) is 0 Å². The maximum Gasteiger partial charge on any atom is 0.248 e. The zero-order valence-electron chi connectivity index (χ0n) is 25.8. The third kappa shape index (κ3) is 7.55. The molecule has 12 nitrogen and oxygen atoms in total. The second kappa shape index (κ2) is 14.6. The summed E-state index contributed by atoms with van der Waals surface area (Å²) in [6.07, 6.45) is 5.00. The lowest BCUT2D eigenvalue weighted by molar-refractivity contribution is -0.196. The maximum atomic E-state index is 13.9. The van der Waals surface area contributed by atoms with Crippen LogP contribution in [-0.4, -0.2) is 69.8 Å². The molecule has 3 heterocycles. The average molecular weight is 612 g/mol. The van der Waals surface area contributed by atoms with E-state index in [1.165, 1.54) is 5.06 Å². The summed E-state index contributed by atoms with van der Waals surface area (Å²) >= 11 is 0. The molecule has 45 heavy (non-hydrogen) atoms. The van der Waals surface area contributed by atoms with E-state index in [1.54, 1.807) is 48.5 Å². The van der Waals surface area contributed by atoms with Crippen molar-refractivity contribution in [3.8, 4) is 17.4 Å². The number of aromatic nitrogens is 4. The number of imidazole rings is 1. The third-order valence-electron chi connectivity index (χ3n) is 7.44. The SMILES string of the molecule is COc1ccc(CN(OCc2ccccc2)C(=O)CC2NCCN(c3cc(C(C)C)nc(-n4ccnc4)n3)C2=C=O)cc1OC. The van der Waals surface area contributed by atoms with Gasteiger partial charge in [0.2, 0.25) is 11.9 Å². The van der Waals surface area contributed by atoms with E-state index in [4.69, 9.17) is 19.3 Å². The second-order valence-electron chi connectivity index (χ2n) is 10.8. The molecule has 234 valence electrons. The van der Waals surface area contributed by atoms with Crippen LogP contribution in [0.3, 0.4) is 0 Å². The summed E-state index contributed by atoms with van der Waals surface area (Å²) in [6, 6.07) is 16.3. The van der Waals surface area contributed by atoms with Gasteiger partial charge < -0.3 is 19.7 Å². The van der Waals surface area contributed by atoms with Crippen molar-refractivity contribution in [3.05, 3.63) is 95.8 Å². The molecule has 1 unspecified atom stereocenters. The number of carbonyl (C=O) groups is 1. The van der Waals surface area contributed by atoms with Crippen LogP contribution in [0.2, 0.25) is 0 Å². The molecule has 0 aliphatic carbocycles. The summed E-state index contributed by atoms with van der Waals surface area (Å²) in [5.41, 5.74) is 2.80. The first kappa shape index (κ1) is 31.4. The van der Waals surface area contributed by atoms with E-state index >= 15 is 0 Å². The van der Waals surface area contributed by atoms with E-state index in [1.807, 2.05) is 62.4 Å². The van der Waals surface area contributed by atoms with Crippen molar-refractivity contribution in [3.63, 3.8) is 0 Å². The molecule has 1 aliphatic heterocycles. The number of anilines is 1. The number of hydrogen-bond donors (Lipinski definition) is 1. The quantitative estimate of drug-likeness (QED) is 0.187. The molecule has 5 rings (SSSR count). The summed E-state index contributed by atoms with van der Waals surface area (Å²) in [5.74, 6) is 4.02. The van der Waals surface area contributed by atoms with Gasteiger partial charge in [-0.3, -0.25) is 14.2 Å². The second-order valence-corrected chi connectivity index (χ2v) is 10.8. The molecule has 1 saturated heterocycles. The van der Waals surface area contributed by atoms with Crippen molar-refractivity contribution < 1.29 is 23.9 Å². The lowest BCUT2D eigenvalue weighted by atomic mass is 10.1. The van der Waals surface area contributed by atoms with E-state index in [0.29, 0.717) is 36.4 Å². The molecule has 1 N–H and O–H groups in total. The van der Waals surface area contributed by atoms with Gasteiger partial charge in [0, 0.05) is 31.5 Å². The number of piperazine rings is 1. The van der Waals surface area contributed by atoms with E-state index < -0.39 is 6.04 Å². The van der Waals surface area contributed by atoms with Crippen LogP contribution in [0.1, 0.15) is 43.0 Å². The first-order valence-electron chi connectivity index (χ1n) is 14.7. The molecule has 1 fully saturated rings. The van der Waals surface area contributed by atoms with Crippen LogP contribution < -0.4 is 19.7 Å². The van der Waals surface area contributed by atoms with Gasteiger partial charge >= 0.3 is 0 Å². The Morgan fingerprint density at radius 2 is 1.87 bits per heavy atom. The Hall–Kier alpha value is -5.03. The molecular formula is C33H37N7O5. The van der Waals surface area contributed by atoms with Crippen molar-refractivity contribution in [2.75, 3.05) is 32.2 Å². The van der Waals surface area contributed by atoms with Gasteiger partial charge in [0.1, 0.15) is 30.4 Å². The molecule has 0 saturated carbocycles. The number of hydrogen-bond acceptors (Lipinski definition) is 10. The summed E-state index contributed by atoms with van der Waals surface area (Å²) in [5, 5.41) is 4.65. The minimum atomic E-state index is -0.619. The summed E-state index contributed by atoms with van der Waals surface area (Å²) in [4.78, 5) is 47.8. The molecule has 1 aliphatic rings. The molecule has 2 aromatic heterocycles. The van der Waals surface area contributed by atoms with Crippen molar-refractivity contribution in [2.24, 2.45) is 0 Å². The van der Waals surface area contributed by atoms with Crippen LogP contribution in [0.15, 0.2) is 79.0 Å². The number of nitrogens with zero attached hydrogens (tertiary/aromatic N) is 6. The number of ether oxygens (including phenoxy) is 2. The molecule has 0 bridgehead atoms. The number of nitrogens with one attached hydrogen (secondary N) is 1. The number of benzene rings is 2. The monoisotopic (exact) mass is 611 g/mol. The molecule has 0 spiro atoms. The smallest absolute Gasteiger partial charge is 0.248 e. The molecule has 1 atom stereocenters. The Balaban J connectivity index is 1.39. The first-order chi connectivity index (χ1) is 21.9. The topological polar surface area (TPSA) is 124 Å². The molecule has 12 heteroatoms. The van der Waals surface area contributed by atoms with Crippen molar-refractivity contribution >= 4 is 17.7 Å². The van der Waals surface area contributed by atoms with E-state index in [2.05, 4.69) is 21.2 Å². The number of rotatable bonds is 12. The highest BCUT2D eigenvalue weighted by Gasteiger charge is 2.32. The largest absolute Gasteiger partial charge is 0.493 e. The number of hydroxylamine groups is 2. The highest BCUT2D eigenvalue weighted by Crippen LogP contribution is 2.29. The molecule has 0 radical (unpaired) electrons. The van der Waals surface area contributed by atoms with Gasteiger partial charge in [-0.2, -0.15) is 4.98 Å². The summed E-state index contributed by atoms with van der Waals surface area (Å²) in [7, 11) is 3.13. The minimum absolute atomic E-state index is 0.0420. The fourth-order valence-electron chi connectivity index (χ4n) is 5.01. The average Bonchev–Trinajstić information content (AvgIpc) is 3.62. The Bertz CT molecular complexity index is 1640. The number of methoxy groups -OCH3 is 2. The van der Waals surface area contributed by atoms with Crippen molar-refractivity contribution in [2.45, 2.75) is 45.4 Å². The maximum absolute atomic E-state index is 13.9. The van der Waals surface area contributed by atoms with Gasteiger partial charge in [-0.15, -0.1) is 0 Å². The third-order valence-corrected chi connectivity index (χ3v) is 7.44. The number of amides is 1. The highest BCUT2D eigenvalue weighted by molar-refractivity contribution is 5.78. The van der Waals surface area contributed by atoms with Crippen LogP contribution in [-0.2, 0) is 27.6 Å². The fraction of sp³-hybridized carbons (Fsp3) is 0.333. The number of carbonyl (C=O) groups excluding carboxylic acids is 2. The predicted molar refractivity (Wildman–Crippen MR) is 168 cm³/mol. The van der Waals surface area contributed by atoms with E-state index in [9.17, 15) is 9.59 Å². The minimum Gasteiger partial charge on any atom is -0.493 e. The first-order valence-corrected chi connectivity index (χ1v) is 14.7. The van der Waals surface area contributed by atoms with E-state index in [0.717, 1.165) is 16.8 Å². The molecular weight excluding hydrogens is 574 g/mol. The van der Waals surface area contributed by atoms with Crippen molar-refractivity contribution in [1.82, 2.24) is 29.9 Å². The summed E-state index contributed by atoms with van der Waals surface area (Å²) in [6.45, 7) is 5.42. The Morgan fingerprint density at radius 3 is 2.56 bits per heavy atom. The fourth-order valence-corrected chi connectivity index (χ4v) is 5.01. The van der Waals surface area contributed by atoms with Crippen molar-refractivity contribution in [1.29, 1.82) is 0 Å². The Labute approximate surface area is 262 Å². The van der Waals surface area contributed by atoms with E-state index in [-0.39, 0.29) is 37.1 Å². The Kier molecular flexibility index (Phi) is 10.2. The molecule has 1 amide bonds. The van der Waals surface area contributed by atoms with Crippen LogP contribution in [0.25, 0.3) is 5.95 Å².